The first-order chi connectivity index (χ1) is 8.47. The van der Waals surface area contributed by atoms with E-state index in [9.17, 15) is 8.42 Å². The van der Waals surface area contributed by atoms with E-state index in [1.165, 1.54) is 23.5 Å². The summed E-state index contributed by atoms with van der Waals surface area (Å²) in [5.74, 6) is 0. The van der Waals surface area contributed by atoms with Gasteiger partial charge in [-0.2, -0.15) is 0 Å². The van der Waals surface area contributed by atoms with Gasteiger partial charge in [0, 0.05) is 17.1 Å². The zero-order valence-electron chi connectivity index (χ0n) is 9.26. The van der Waals surface area contributed by atoms with E-state index in [4.69, 9.17) is 17.3 Å². The van der Waals surface area contributed by atoms with Gasteiger partial charge in [0.25, 0.3) is 0 Å². The Hall–Kier alpha value is -1.08. The van der Waals surface area contributed by atoms with Gasteiger partial charge in [-0.25, -0.2) is 13.1 Å². The number of thiophene rings is 1. The van der Waals surface area contributed by atoms with E-state index in [0.717, 1.165) is 4.88 Å². The molecule has 0 fully saturated rings. The summed E-state index contributed by atoms with van der Waals surface area (Å²) in [5, 5.41) is 0. The van der Waals surface area contributed by atoms with E-state index in [0.29, 0.717) is 10.0 Å². The van der Waals surface area contributed by atoms with Gasteiger partial charge in [-0.1, -0.05) is 17.7 Å². The predicted octanol–water partition coefficient (Wildman–Crippen LogP) is 2.46. The van der Waals surface area contributed by atoms with Crippen molar-refractivity contribution < 1.29 is 8.42 Å². The Balaban J connectivity index is 2.13. The molecule has 1 aromatic heterocycles. The van der Waals surface area contributed by atoms with Crippen LogP contribution in [-0.2, 0) is 16.6 Å². The third kappa shape index (κ3) is 3.23. The third-order valence-electron chi connectivity index (χ3n) is 2.23. The van der Waals surface area contributed by atoms with Gasteiger partial charge >= 0.3 is 0 Å². The molecule has 7 heteroatoms. The van der Waals surface area contributed by atoms with Crippen LogP contribution in [0.4, 0.5) is 5.69 Å². The summed E-state index contributed by atoms with van der Waals surface area (Å²) in [7, 11) is -3.54. The highest BCUT2D eigenvalue weighted by molar-refractivity contribution is 7.89. The van der Waals surface area contributed by atoms with Crippen LogP contribution in [-0.4, -0.2) is 8.42 Å². The van der Waals surface area contributed by atoms with Crippen molar-refractivity contribution in [1.82, 2.24) is 4.72 Å². The van der Waals surface area contributed by atoms with Crippen LogP contribution in [0.1, 0.15) is 4.88 Å². The lowest BCUT2D eigenvalue weighted by atomic mass is 10.3. The predicted molar refractivity (Wildman–Crippen MR) is 74.2 cm³/mol. The molecule has 0 amide bonds. The monoisotopic (exact) mass is 302 g/mol. The maximum absolute atomic E-state index is 12.0. The molecule has 0 saturated carbocycles. The van der Waals surface area contributed by atoms with Gasteiger partial charge in [0.05, 0.1) is 9.23 Å². The number of halogens is 1. The number of nitrogens with two attached hydrogens (primary N) is 1. The molecule has 3 N–H and O–H groups in total. The Kier molecular flexibility index (Phi) is 3.91. The molecule has 2 aromatic rings. The summed E-state index contributed by atoms with van der Waals surface area (Å²) >= 11 is 7.11. The van der Waals surface area contributed by atoms with Gasteiger partial charge in [-0.05, 0) is 30.3 Å². The molecule has 0 aliphatic rings. The number of nitrogens with one attached hydrogen (secondary N) is 1. The summed E-state index contributed by atoms with van der Waals surface area (Å²) in [6, 6.07) is 9.68. The molecular weight excluding hydrogens is 292 g/mol. The number of anilines is 1. The molecule has 0 atom stereocenters. The fraction of sp³-hybridized carbons (Fsp3) is 0.0909. The zero-order chi connectivity index (χ0) is 13.2. The van der Waals surface area contributed by atoms with Crippen molar-refractivity contribution in [3.05, 3.63) is 45.6 Å². The highest BCUT2D eigenvalue weighted by atomic mass is 35.5. The fourth-order valence-electron chi connectivity index (χ4n) is 1.38. The van der Waals surface area contributed by atoms with Crippen LogP contribution in [0.2, 0.25) is 4.34 Å². The standard InChI is InChI=1S/C11H11ClN2O2S2/c12-11-5-4-9(17-11)7-14-18(15,16)10-3-1-2-8(13)6-10/h1-6,14H,7,13H2. The summed E-state index contributed by atoms with van der Waals surface area (Å²) in [5.41, 5.74) is 5.97. The second-order valence-electron chi connectivity index (χ2n) is 3.60. The molecule has 0 spiro atoms. The molecular formula is C11H11ClN2O2S2. The van der Waals surface area contributed by atoms with Crippen molar-refractivity contribution in [2.75, 3.05) is 5.73 Å². The number of sulfonamides is 1. The summed E-state index contributed by atoms with van der Waals surface area (Å²) in [6.07, 6.45) is 0. The van der Waals surface area contributed by atoms with Gasteiger partial charge in [0.2, 0.25) is 10.0 Å². The Morgan fingerprint density at radius 2 is 2.06 bits per heavy atom. The fourth-order valence-corrected chi connectivity index (χ4v) is 3.56. The molecule has 0 saturated heterocycles. The molecule has 18 heavy (non-hydrogen) atoms. The maximum atomic E-state index is 12.0. The Morgan fingerprint density at radius 1 is 1.28 bits per heavy atom. The van der Waals surface area contributed by atoms with Crippen LogP contribution in [0.15, 0.2) is 41.3 Å². The second-order valence-corrected chi connectivity index (χ2v) is 7.17. The number of hydrogen-bond donors (Lipinski definition) is 2. The quantitative estimate of drug-likeness (QED) is 0.852. The van der Waals surface area contributed by atoms with E-state index in [1.807, 2.05) is 0 Å². The second kappa shape index (κ2) is 5.27. The van der Waals surface area contributed by atoms with E-state index >= 15 is 0 Å². The average molecular weight is 303 g/mol. The van der Waals surface area contributed by atoms with Gasteiger partial charge < -0.3 is 5.73 Å². The SMILES string of the molecule is Nc1cccc(S(=O)(=O)NCc2ccc(Cl)s2)c1. The summed E-state index contributed by atoms with van der Waals surface area (Å²) in [6.45, 7) is 0.217. The van der Waals surface area contributed by atoms with E-state index in [-0.39, 0.29) is 11.4 Å². The minimum absolute atomic E-state index is 0.158. The summed E-state index contributed by atoms with van der Waals surface area (Å²) < 4.78 is 27.1. The van der Waals surface area contributed by atoms with E-state index in [1.54, 1.807) is 24.3 Å². The molecule has 96 valence electrons. The smallest absolute Gasteiger partial charge is 0.240 e. The molecule has 1 aromatic carbocycles. The van der Waals surface area contributed by atoms with Crippen molar-refractivity contribution in [1.29, 1.82) is 0 Å². The minimum atomic E-state index is -3.54. The van der Waals surface area contributed by atoms with Crippen molar-refractivity contribution >= 4 is 38.6 Å². The van der Waals surface area contributed by atoms with Crippen LogP contribution < -0.4 is 10.5 Å². The first-order valence-electron chi connectivity index (χ1n) is 5.07. The number of benzene rings is 1. The Labute approximate surface area is 114 Å². The molecule has 0 radical (unpaired) electrons. The van der Waals surface area contributed by atoms with Gasteiger partial charge in [-0.3, -0.25) is 0 Å². The Morgan fingerprint density at radius 3 is 2.67 bits per heavy atom. The largest absolute Gasteiger partial charge is 0.399 e. The lowest BCUT2D eigenvalue weighted by Gasteiger charge is -2.06. The molecule has 0 unspecified atom stereocenters. The zero-order valence-corrected chi connectivity index (χ0v) is 11.6. The molecule has 0 aliphatic heterocycles. The molecule has 0 aliphatic carbocycles. The summed E-state index contributed by atoms with van der Waals surface area (Å²) in [4.78, 5) is 1.01. The van der Waals surface area contributed by atoms with Gasteiger partial charge in [-0.15, -0.1) is 11.3 Å². The van der Waals surface area contributed by atoms with Crippen LogP contribution in [0.25, 0.3) is 0 Å². The van der Waals surface area contributed by atoms with Gasteiger partial charge in [0.15, 0.2) is 0 Å². The highest BCUT2D eigenvalue weighted by Gasteiger charge is 2.14. The molecule has 1 heterocycles. The topological polar surface area (TPSA) is 72.2 Å². The van der Waals surface area contributed by atoms with Crippen molar-refractivity contribution in [3.8, 4) is 0 Å². The van der Waals surface area contributed by atoms with Crippen LogP contribution in [0, 0.1) is 0 Å². The van der Waals surface area contributed by atoms with E-state index in [2.05, 4.69) is 4.72 Å². The lowest BCUT2D eigenvalue weighted by Crippen LogP contribution is -2.22. The molecule has 2 rings (SSSR count). The first-order valence-corrected chi connectivity index (χ1v) is 7.74. The van der Waals surface area contributed by atoms with Crippen LogP contribution in [0.5, 0.6) is 0 Å². The van der Waals surface area contributed by atoms with Gasteiger partial charge in [0.1, 0.15) is 0 Å². The van der Waals surface area contributed by atoms with Crippen molar-refractivity contribution in [2.45, 2.75) is 11.4 Å². The lowest BCUT2D eigenvalue weighted by molar-refractivity contribution is 0.582. The highest BCUT2D eigenvalue weighted by Crippen LogP contribution is 2.21. The molecule has 0 bridgehead atoms. The van der Waals surface area contributed by atoms with Crippen LogP contribution in [0.3, 0.4) is 0 Å². The minimum Gasteiger partial charge on any atom is -0.399 e. The third-order valence-corrected chi connectivity index (χ3v) is 4.86. The van der Waals surface area contributed by atoms with E-state index < -0.39 is 10.0 Å². The van der Waals surface area contributed by atoms with Crippen molar-refractivity contribution in [2.24, 2.45) is 0 Å². The Bertz CT molecular complexity index is 653. The number of rotatable bonds is 4. The number of hydrogen-bond acceptors (Lipinski definition) is 4. The van der Waals surface area contributed by atoms with Crippen LogP contribution >= 0.6 is 22.9 Å². The first kappa shape index (κ1) is 13.4. The maximum Gasteiger partial charge on any atom is 0.240 e. The average Bonchev–Trinajstić information content (AvgIpc) is 2.73. The molecule has 4 nitrogen and oxygen atoms in total. The normalized spacial score (nSPS) is 11.6. The number of nitrogen functional groups attached to an aromatic ring is 1. The van der Waals surface area contributed by atoms with Crippen molar-refractivity contribution in [3.63, 3.8) is 0 Å².